The molecule has 2 fully saturated rings. The number of nitrogen functional groups attached to an aromatic ring is 1. The van der Waals surface area contributed by atoms with E-state index in [1.54, 1.807) is 86.9 Å². The number of carbonyl (C=O) groups excluding carboxylic acids is 4. The number of ether oxygens (including phenoxy) is 2. The number of amides is 4. The molecule has 0 aliphatic carbocycles. The number of benzene rings is 2. The van der Waals surface area contributed by atoms with E-state index in [9.17, 15) is 19.2 Å². The Labute approximate surface area is 408 Å². The van der Waals surface area contributed by atoms with E-state index in [1.165, 1.54) is 0 Å². The Kier molecular flexibility index (Phi) is 15.9. The van der Waals surface area contributed by atoms with E-state index in [1.807, 2.05) is 81.4 Å². The minimum Gasteiger partial charge on any atom is -0.444 e. The molecule has 0 unspecified atom stereocenters. The van der Waals surface area contributed by atoms with Crippen LogP contribution in [0.25, 0.3) is 22.5 Å². The molecule has 2 aromatic carbocycles. The number of hydrogen-bond donors (Lipinski definition) is 5. The summed E-state index contributed by atoms with van der Waals surface area (Å²) in [4.78, 5) is 74.2. The van der Waals surface area contributed by atoms with Crippen molar-refractivity contribution in [1.29, 1.82) is 0 Å². The average molecular weight is 949 g/mol. The zero-order chi connectivity index (χ0) is 49.8. The third-order valence-corrected chi connectivity index (χ3v) is 10.9. The van der Waals surface area contributed by atoms with Gasteiger partial charge >= 0.3 is 12.2 Å². The molecule has 0 bridgehead atoms. The molecule has 364 valence electrons. The predicted octanol–water partition coefficient (Wildman–Crippen LogP) is 8.19. The summed E-state index contributed by atoms with van der Waals surface area (Å²) in [6, 6.07) is 29.1. The Balaban J connectivity index is 0.000000223. The van der Waals surface area contributed by atoms with Gasteiger partial charge in [0.05, 0.1) is 57.9 Å². The summed E-state index contributed by atoms with van der Waals surface area (Å²) in [5, 5.41) is 11.8. The van der Waals surface area contributed by atoms with Crippen LogP contribution in [0.2, 0.25) is 0 Å². The fourth-order valence-corrected chi connectivity index (χ4v) is 7.40. The monoisotopic (exact) mass is 948 g/mol. The van der Waals surface area contributed by atoms with E-state index in [-0.39, 0.29) is 17.7 Å². The van der Waals surface area contributed by atoms with Crippen molar-refractivity contribution in [3.05, 3.63) is 133 Å². The summed E-state index contributed by atoms with van der Waals surface area (Å²) in [7, 11) is 0. The number of rotatable bonds is 9. The Morgan fingerprint density at radius 1 is 0.557 bits per heavy atom. The van der Waals surface area contributed by atoms with E-state index in [4.69, 9.17) is 15.2 Å². The second-order valence-electron chi connectivity index (χ2n) is 18.5. The third kappa shape index (κ3) is 14.0. The molecule has 4 aromatic heterocycles. The van der Waals surface area contributed by atoms with E-state index in [0.717, 1.165) is 54.4 Å². The molecule has 6 aromatic rings. The van der Waals surface area contributed by atoms with Gasteiger partial charge in [0.2, 0.25) is 0 Å². The van der Waals surface area contributed by atoms with E-state index < -0.39 is 23.2 Å². The van der Waals surface area contributed by atoms with Crippen LogP contribution in [0.1, 0.15) is 62.5 Å². The topological polar surface area (TPSA) is 222 Å². The van der Waals surface area contributed by atoms with Crippen molar-refractivity contribution in [3.63, 3.8) is 0 Å². The molecule has 2 aliphatic heterocycles. The van der Waals surface area contributed by atoms with Gasteiger partial charge in [0.1, 0.15) is 22.6 Å². The van der Waals surface area contributed by atoms with Crippen molar-refractivity contribution in [2.45, 2.75) is 52.7 Å². The lowest BCUT2D eigenvalue weighted by Crippen LogP contribution is -2.50. The second kappa shape index (κ2) is 22.3. The SMILES string of the molecule is CC(C)(C)OC(=O)Nc1ccc(-c2ccccn2)cc1NC(=O)c1ccc(N2CCN(C(=O)OC(C)(C)C)CC2)cn1.Nc1ccc(-c2ccccn2)cc1NC(=O)c1ccc(N2CCNCC2)cn1. The predicted molar refractivity (Wildman–Crippen MR) is 273 cm³/mol. The number of pyridine rings is 4. The molecule has 0 radical (unpaired) electrons. The van der Waals surface area contributed by atoms with Crippen LogP contribution in [0.3, 0.4) is 0 Å². The number of anilines is 6. The third-order valence-electron chi connectivity index (χ3n) is 10.9. The molecule has 0 spiro atoms. The van der Waals surface area contributed by atoms with Crippen LogP contribution in [0, 0.1) is 0 Å². The Bertz CT molecular complexity index is 2730. The molecular weight excluding hydrogens is 889 g/mol. The molecule has 2 saturated heterocycles. The first-order valence-corrected chi connectivity index (χ1v) is 23.1. The van der Waals surface area contributed by atoms with Gasteiger partial charge in [0.25, 0.3) is 11.8 Å². The highest BCUT2D eigenvalue weighted by atomic mass is 16.6. The van der Waals surface area contributed by atoms with Crippen molar-refractivity contribution in [1.82, 2.24) is 30.2 Å². The van der Waals surface area contributed by atoms with Crippen molar-refractivity contribution in [3.8, 4) is 22.5 Å². The maximum Gasteiger partial charge on any atom is 0.412 e. The fourth-order valence-electron chi connectivity index (χ4n) is 7.40. The van der Waals surface area contributed by atoms with Crippen LogP contribution in [0.15, 0.2) is 122 Å². The Hall–Kier alpha value is -8.12. The lowest BCUT2D eigenvalue weighted by Gasteiger charge is -2.36. The molecule has 0 atom stereocenters. The quantitative estimate of drug-likeness (QED) is 0.0863. The highest BCUT2D eigenvalue weighted by molar-refractivity contribution is 6.07. The minimum atomic E-state index is -0.685. The summed E-state index contributed by atoms with van der Waals surface area (Å²) in [6.07, 6.45) is 5.84. The van der Waals surface area contributed by atoms with E-state index >= 15 is 0 Å². The summed E-state index contributed by atoms with van der Waals surface area (Å²) in [5.74, 6) is -0.738. The van der Waals surface area contributed by atoms with Gasteiger partial charge in [-0.25, -0.2) is 19.6 Å². The Morgan fingerprint density at radius 2 is 1.07 bits per heavy atom. The van der Waals surface area contributed by atoms with E-state index in [0.29, 0.717) is 60.3 Å². The number of nitrogens with one attached hydrogen (secondary N) is 4. The van der Waals surface area contributed by atoms with Gasteiger partial charge in [-0.3, -0.25) is 24.9 Å². The van der Waals surface area contributed by atoms with Crippen molar-refractivity contribution >= 4 is 58.1 Å². The molecule has 18 nitrogen and oxygen atoms in total. The van der Waals surface area contributed by atoms with Gasteiger partial charge < -0.3 is 45.9 Å². The first kappa shape index (κ1) is 49.8. The van der Waals surface area contributed by atoms with Crippen molar-refractivity contribution < 1.29 is 28.7 Å². The number of nitrogens with two attached hydrogens (primary N) is 1. The number of carbonyl (C=O) groups is 4. The van der Waals surface area contributed by atoms with Crippen molar-refractivity contribution in [2.75, 3.05) is 83.8 Å². The first-order chi connectivity index (χ1) is 33.5. The normalized spacial score (nSPS) is 13.8. The van der Waals surface area contributed by atoms with Crippen LogP contribution < -0.4 is 36.8 Å². The summed E-state index contributed by atoms with van der Waals surface area (Å²) in [6.45, 7) is 16.9. The molecule has 4 amide bonds. The second-order valence-corrected chi connectivity index (χ2v) is 18.5. The molecule has 2 aliphatic rings. The van der Waals surface area contributed by atoms with Crippen LogP contribution in [-0.2, 0) is 9.47 Å². The number of piperazine rings is 2. The number of nitrogens with zero attached hydrogens (tertiary/aromatic N) is 7. The standard InChI is InChI=1S/C31H38N6O5.C21H22N6O/c1-30(2,3)41-28(39)35-24-12-10-21(23-9-7-8-14-32-23)19-26(24)34-27(38)25-13-11-22(20-33-25)36-15-17-37(18-16-36)29(40)42-31(4,5)6;22-17-6-4-15(18-3-1-2-8-24-18)13-20(17)26-21(28)19-7-5-16(14-25-19)27-11-9-23-10-12-27/h7-14,19-20H,15-18H2,1-6H3,(H,34,38)(H,35,39);1-8,13-14,23H,9-12,22H2,(H,26,28). The van der Waals surface area contributed by atoms with Gasteiger partial charge in [-0.1, -0.05) is 24.3 Å². The molecule has 70 heavy (non-hydrogen) atoms. The maximum absolute atomic E-state index is 13.2. The summed E-state index contributed by atoms with van der Waals surface area (Å²) in [5.41, 5.74) is 12.2. The minimum absolute atomic E-state index is 0.206. The average Bonchev–Trinajstić information content (AvgIpc) is 3.35. The largest absolute Gasteiger partial charge is 0.444 e. The van der Waals surface area contributed by atoms with Gasteiger partial charge in [-0.05, 0) is 114 Å². The van der Waals surface area contributed by atoms with Crippen molar-refractivity contribution in [2.24, 2.45) is 0 Å². The van der Waals surface area contributed by atoms with Crippen LogP contribution in [0.5, 0.6) is 0 Å². The lowest BCUT2D eigenvalue weighted by molar-refractivity contribution is 0.0240. The van der Waals surface area contributed by atoms with Gasteiger partial charge in [-0.15, -0.1) is 0 Å². The molecule has 6 heterocycles. The molecule has 6 N–H and O–H groups in total. The first-order valence-electron chi connectivity index (χ1n) is 23.1. The number of hydrogen-bond acceptors (Lipinski definition) is 14. The van der Waals surface area contributed by atoms with E-state index in [2.05, 4.69) is 51.0 Å². The lowest BCUT2D eigenvalue weighted by atomic mass is 10.1. The van der Waals surface area contributed by atoms with Crippen LogP contribution in [0.4, 0.5) is 43.7 Å². The van der Waals surface area contributed by atoms with Gasteiger partial charge in [0, 0.05) is 75.9 Å². The number of aromatic nitrogens is 4. The molecule has 0 saturated carbocycles. The zero-order valence-corrected chi connectivity index (χ0v) is 40.4. The molecular formula is C52H60N12O6. The zero-order valence-electron chi connectivity index (χ0n) is 40.4. The van der Waals surface area contributed by atoms with Crippen LogP contribution in [-0.4, -0.2) is 112 Å². The fraction of sp³-hybridized carbons (Fsp3) is 0.308. The smallest absolute Gasteiger partial charge is 0.412 e. The maximum atomic E-state index is 13.2. The molecule has 18 heteroatoms. The molecule has 8 rings (SSSR count). The van der Waals surface area contributed by atoms with Crippen LogP contribution >= 0.6 is 0 Å². The van der Waals surface area contributed by atoms with Gasteiger partial charge in [0.15, 0.2) is 0 Å². The van der Waals surface area contributed by atoms with Gasteiger partial charge in [-0.2, -0.15) is 0 Å². The highest BCUT2D eigenvalue weighted by Gasteiger charge is 2.27. The highest BCUT2D eigenvalue weighted by Crippen LogP contribution is 2.30. The Morgan fingerprint density at radius 3 is 1.57 bits per heavy atom. The summed E-state index contributed by atoms with van der Waals surface area (Å²) >= 11 is 0. The summed E-state index contributed by atoms with van der Waals surface area (Å²) < 4.78 is 10.9.